The number of oxime groups is 1. The summed E-state index contributed by atoms with van der Waals surface area (Å²) in [6, 6.07) is 8.97. The van der Waals surface area contributed by atoms with Crippen LogP contribution in [0.15, 0.2) is 47.9 Å². The smallest absolute Gasteiger partial charge is 0.170 e. The first kappa shape index (κ1) is 14.9. The average molecular weight is 289 g/mol. The Kier molecular flexibility index (Phi) is 5.60. The topological polar surface area (TPSA) is 97.7 Å². The van der Waals surface area contributed by atoms with E-state index in [1.54, 1.807) is 30.5 Å². The van der Waals surface area contributed by atoms with Gasteiger partial charge in [0.1, 0.15) is 12.4 Å². The van der Waals surface area contributed by atoms with E-state index in [0.29, 0.717) is 12.2 Å². The molecule has 1 aromatic heterocycles. The van der Waals surface area contributed by atoms with Crippen LogP contribution in [0, 0.1) is 0 Å². The predicted molar refractivity (Wildman–Crippen MR) is 79.5 cm³/mol. The molecule has 1 aromatic carbocycles. The number of hydrogen-bond donors (Lipinski definition) is 3. The van der Waals surface area contributed by atoms with Gasteiger partial charge in [0.2, 0.25) is 0 Å². The van der Waals surface area contributed by atoms with Crippen LogP contribution in [0.5, 0.6) is 5.75 Å². The Bertz CT molecular complexity index is 551. The van der Waals surface area contributed by atoms with Gasteiger partial charge in [0.15, 0.2) is 5.84 Å². The largest absolute Gasteiger partial charge is 0.492 e. The summed E-state index contributed by atoms with van der Waals surface area (Å²) in [4.78, 5) is 0. The summed E-state index contributed by atoms with van der Waals surface area (Å²) in [7, 11) is 0. The van der Waals surface area contributed by atoms with Crippen molar-refractivity contribution in [1.82, 2.24) is 15.1 Å². The Labute approximate surface area is 123 Å². The number of hydrogen-bond acceptors (Lipinski definition) is 5. The summed E-state index contributed by atoms with van der Waals surface area (Å²) >= 11 is 0. The summed E-state index contributed by atoms with van der Waals surface area (Å²) in [5.41, 5.74) is 6.14. The van der Waals surface area contributed by atoms with Gasteiger partial charge in [0, 0.05) is 31.0 Å². The molecule has 0 bridgehead atoms. The number of amidine groups is 1. The first-order valence-electron chi connectivity index (χ1n) is 6.68. The van der Waals surface area contributed by atoms with Crippen LogP contribution in [-0.2, 0) is 6.54 Å². The minimum atomic E-state index is 0.0850. The van der Waals surface area contributed by atoms with E-state index in [2.05, 4.69) is 15.6 Å². The van der Waals surface area contributed by atoms with Gasteiger partial charge in [-0.1, -0.05) is 5.16 Å². The molecule has 0 aliphatic rings. The molecule has 4 N–H and O–H groups in total. The first-order valence-corrected chi connectivity index (χ1v) is 6.68. The zero-order valence-electron chi connectivity index (χ0n) is 11.6. The van der Waals surface area contributed by atoms with Gasteiger partial charge in [0.05, 0.1) is 6.54 Å². The van der Waals surface area contributed by atoms with Gasteiger partial charge in [-0.15, -0.1) is 0 Å². The molecule has 7 nitrogen and oxygen atoms in total. The second-order valence-corrected chi connectivity index (χ2v) is 4.38. The Hall–Kier alpha value is -2.54. The molecule has 7 heteroatoms. The standard InChI is InChI=1S/C14H19N5O2/c15-14(18-20)12-2-4-13(5-3-12)21-11-8-16-7-10-19-9-1-6-17-19/h1-6,9,16,20H,7-8,10-11H2,(H2,15,18). The molecule has 0 amide bonds. The molecule has 2 rings (SSSR count). The van der Waals surface area contributed by atoms with E-state index in [0.717, 1.165) is 25.4 Å². The van der Waals surface area contributed by atoms with Gasteiger partial charge in [-0.25, -0.2) is 0 Å². The van der Waals surface area contributed by atoms with E-state index in [9.17, 15) is 0 Å². The van der Waals surface area contributed by atoms with Crippen LogP contribution in [-0.4, -0.2) is 40.5 Å². The van der Waals surface area contributed by atoms with E-state index in [-0.39, 0.29) is 5.84 Å². The third-order valence-corrected chi connectivity index (χ3v) is 2.88. The summed E-state index contributed by atoms with van der Waals surface area (Å²) in [5.74, 6) is 0.834. The second-order valence-electron chi connectivity index (χ2n) is 4.38. The van der Waals surface area contributed by atoms with Crippen molar-refractivity contribution in [3.05, 3.63) is 48.3 Å². The van der Waals surface area contributed by atoms with Gasteiger partial charge in [-0.3, -0.25) is 4.68 Å². The van der Waals surface area contributed by atoms with E-state index < -0.39 is 0 Å². The quantitative estimate of drug-likeness (QED) is 0.218. The number of ether oxygens (including phenoxy) is 1. The maximum Gasteiger partial charge on any atom is 0.170 e. The lowest BCUT2D eigenvalue weighted by Gasteiger charge is -2.08. The Balaban J connectivity index is 1.62. The average Bonchev–Trinajstić information content (AvgIpc) is 3.04. The lowest BCUT2D eigenvalue weighted by molar-refractivity contribution is 0.312. The molecule has 0 spiro atoms. The van der Waals surface area contributed by atoms with E-state index in [1.165, 1.54) is 0 Å². The number of nitrogens with zero attached hydrogens (tertiary/aromatic N) is 3. The molecule has 0 atom stereocenters. The highest BCUT2D eigenvalue weighted by atomic mass is 16.5. The SMILES string of the molecule is NC(=NO)c1ccc(OCCNCCn2cccn2)cc1. The molecule has 0 unspecified atom stereocenters. The first-order chi connectivity index (χ1) is 10.3. The Morgan fingerprint density at radius 3 is 2.81 bits per heavy atom. The Morgan fingerprint density at radius 1 is 1.33 bits per heavy atom. The van der Waals surface area contributed by atoms with Crippen LogP contribution < -0.4 is 15.8 Å². The second kappa shape index (κ2) is 7.91. The normalized spacial score (nSPS) is 11.5. The van der Waals surface area contributed by atoms with Crippen molar-refractivity contribution in [2.75, 3.05) is 19.7 Å². The van der Waals surface area contributed by atoms with Crippen molar-refractivity contribution in [3.8, 4) is 5.75 Å². The zero-order chi connectivity index (χ0) is 14.9. The fourth-order valence-electron chi connectivity index (χ4n) is 1.77. The number of aromatic nitrogens is 2. The summed E-state index contributed by atoms with van der Waals surface area (Å²) < 4.78 is 7.46. The molecule has 2 aromatic rings. The Morgan fingerprint density at radius 2 is 2.14 bits per heavy atom. The van der Waals surface area contributed by atoms with Gasteiger partial charge >= 0.3 is 0 Å². The third-order valence-electron chi connectivity index (χ3n) is 2.88. The minimum Gasteiger partial charge on any atom is -0.492 e. The lowest BCUT2D eigenvalue weighted by Crippen LogP contribution is -2.25. The summed E-state index contributed by atoms with van der Waals surface area (Å²) in [5, 5.41) is 18.9. The number of nitrogens with one attached hydrogen (secondary N) is 1. The summed E-state index contributed by atoms with van der Waals surface area (Å²) in [6.07, 6.45) is 3.70. The summed E-state index contributed by atoms with van der Waals surface area (Å²) in [6.45, 7) is 3.00. The van der Waals surface area contributed by atoms with Crippen LogP contribution in [0.2, 0.25) is 0 Å². The number of benzene rings is 1. The van der Waals surface area contributed by atoms with Crippen LogP contribution >= 0.6 is 0 Å². The zero-order valence-corrected chi connectivity index (χ0v) is 11.6. The van der Waals surface area contributed by atoms with Crippen molar-refractivity contribution in [2.24, 2.45) is 10.9 Å². The molecule has 0 saturated heterocycles. The monoisotopic (exact) mass is 289 g/mol. The fourth-order valence-corrected chi connectivity index (χ4v) is 1.77. The highest BCUT2D eigenvalue weighted by Gasteiger charge is 1.99. The van der Waals surface area contributed by atoms with Gasteiger partial charge in [0.25, 0.3) is 0 Å². The molecule has 112 valence electrons. The third kappa shape index (κ3) is 4.81. The molecule has 0 fully saturated rings. The molecule has 21 heavy (non-hydrogen) atoms. The van der Waals surface area contributed by atoms with Crippen LogP contribution in [0.1, 0.15) is 5.56 Å². The van der Waals surface area contributed by atoms with Crippen molar-refractivity contribution >= 4 is 5.84 Å². The van der Waals surface area contributed by atoms with E-state index >= 15 is 0 Å². The van der Waals surface area contributed by atoms with E-state index in [1.807, 2.05) is 16.9 Å². The number of rotatable bonds is 8. The van der Waals surface area contributed by atoms with Crippen LogP contribution in [0.4, 0.5) is 0 Å². The van der Waals surface area contributed by atoms with Crippen molar-refractivity contribution in [1.29, 1.82) is 0 Å². The van der Waals surface area contributed by atoms with Crippen molar-refractivity contribution in [3.63, 3.8) is 0 Å². The van der Waals surface area contributed by atoms with Gasteiger partial charge in [-0.05, 0) is 30.3 Å². The molecule has 0 aliphatic carbocycles. The van der Waals surface area contributed by atoms with E-state index in [4.69, 9.17) is 15.7 Å². The lowest BCUT2D eigenvalue weighted by atomic mass is 10.2. The highest BCUT2D eigenvalue weighted by molar-refractivity contribution is 5.97. The minimum absolute atomic E-state index is 0.0850. The van der Waals surface area contributed by atoms with Crippen LogP contribution in [0.25, 0.3) is 0 Å². The molecule has 1 heterocycles. The number of nitrogens with two attached hydrogens (primary N) is 1. The predicted octanol–water partition coefficient (Wildman–Crippen LogP) is 0.646. The highest BCUT2D eigenvalue weighted by Crippen LogP contribution is 2.11. The maximum absolute atomic E-state index is 8.57. The van der Waals surface area contributed by atoms with Gasteiger partial charge in [-0.2, -0.15) is 5.10 Å². The van der Waals surface area contributed by atoms with Crippen molar-refractivity contribution in [2.45, 2.75) is 6.54 Å². The molecular formula is C14H19N5O2. The van der Waals surface area contributed by atoms with Crippen LogP contribution in [0.3, 0.4) is 0 Å². The fraction of sp³-hybridized carbons (Fsp3) is 0.286. The maximum atomic E-state index is 8.57. The van der Waals surface area contributed by atoms with Gasteiger partial charge < -0.3 is 21.0 Å². The molecular weight excluding hydrogens is 270 g/mol. The van der Waals surface area contributed by atoms with Crippen molar-refractivity contribution < 1.29 is 9.94 Å². The molecule has 0 radical (unpaired) electrons. The molecule has 0 aliphatic heterocycles. The molecule has 0 saturated carbocycles.